The SMILES string of the molecule is C=CC(C)(CCC=C(C)C)OC(=O)CCCCCCCCCCC. The van der Waals surface area contributed by atoms with Gasteiger partial charge in [-0.3, -0.25) is 4.79 Å². The van der Waals surface area contributed by atoms with Crippen LogP contribution in [0.4, 0.5) is 0 Å². The molecule has 0 aliphatic rings. The lowest BCUT2D eigenvalue weighted by atomic mass is 9.99. The van der Waals surface area contributed by atoms with E-state index in [4.69, 9.17) is 4.74 Å². The Morgan fingerprint density at radius 2 is 1.54 bits per heavy atom. The highest BCUT2D eigenvalue weighted by atomic mass is 16.6. The van der Waals surface area contributed by atoms with E-state index in [-0.39, 0.29) is 5.97 Å². The monoisotopic (exact) mass is 336 g/mol. The van der Waals surface area contributed by atoms with Crippen LogP contribution in [0, 0.1) is 0 Å². The molecule has 0 aliphatic carbocycles. The number of carbonyl (C=O) groups excluding carboxylic acids is 1. The first-order valence-electron chi connectivity index (χ1n) is 9.92. The quantitative estimate of drug-likeness (QED) is 0.180. The number of esters is 1. The van der Waals surface area contributed by atoms with E-state index < -0.39 is 5.60 Å². The zero-order chi connectivity index (χ0) is 18.3. The average Bonchev–Trinajstić information content (AvgIpc) is 2.53. The zero-order valence-corrected chi connectivity index (χ0v) is 16.7. The van der Waals surface area contributed by atoms with Gasteiger partial charge in [-0.1, -0.05) is 76.5 Å². The van der Waals surface area contributed by atoms with Gasteiger partial charge in [-0.15, -0.1) is 0 Å². The minimum absolute atomic E-state index is 0.0856. The van der Waals surface area contributed by atoms with Crippen LogP contribution >= 0.6 is 0 Å². The van der Waals surface area contributed by atoms with Crippen LogP contribution in [0.1, 0.15) is 105 Å². The Balaban J connectivity index is 3.78. The molecule has 0 spiro atoms. The topological polar surface area (TPSA) is 26.3 Å². The predicted molar refractivity (Wildman–Crippen MR) is 105 cm³/mol. The smallest absolute Gasteiger partial charge is 0.306 e. The molecule has 2 nitrogen and oxygen atoms in total. The van der Waals surface area contributed by atoms with Gasteiger partial charge in [-0.05, 0) is 46.1 Å². The summed E-state index contributed by atoms with van der Waals surface area (Å²) in [5.74, 6) is -0.0856. The van der Waals surface area contributed by atoms with Crippen LogP contribution in [0.25, 0.3) is 0 Å². The molecule has 1 atom stereocenters. The fourth-order valence-corrected chi connectivity index (χ4v) is 2.73. The van der Waals surface area contributed by atoms with Gasteiger partial charge in [-0.2, -0.15) is 0 Å². The second-order valence-corrected chi connectivity index (χ2v) is 7.39. The van der Waals surface area contributed by atoms with Crippen molar-refractivity contribution in [3.8, 4) is 0 Å². The maximum Gasteiger partial charge on any atom is 0.306 e. The Morgan fingerprint density at radius 1 is 1.00 bits per heavy atom. The molecule has 0 saturated carbocycles. The summed E-state index contributed by atoms with van der Waals surface area (Å²) in [6.45, 7) is 12.2. The fourth-order valence-electron chi connectivity index (χ4n) is 2.73. The van der Waals surface area contributed by atoms with Crippen molar-refractivity contribution in [2.24, 2.45) is 0 Å². The average molecular weight is 337 g/mol. The third kappa shape index (κ3) is 13.4. The molecule has 1 unspecified atom stereocenters. The highest BCUT2D eigenvalue weighted by Crippen LogP contribution is 2.21. The zero-order valence-electron chi connectivity index (χ0n) is 16.7. The van der Waals surface area contributed by atoms with Gasteiger partial charge in [0.1, 0.15) is 5.60 Å². The molecule has 0 N–H and O–H groups in total. The molecule has 0 aromatic rings. The first kappa shape index (κ1) is 22.9. The maximum atomic E-state index is 12.0. The second-order valence-electron chi connectivity index (χ2n) is 7.39. The van der Waals surface area contributed by atoms with Crippen molar-refractivity contribution >= 4 is 5.97 Å². The van der Waals surface area contributed by atoms with E-state index in [1.165, 1.54) is 50.5 Å². The Morgan fingerprint density at radius 3 is 2.04 bits per heavy atom. The van der Waals surface area contributed by atoms with Crippen molar-refractivity contribution in [3.05, 3.63) is 24.3 Å². The number of rotatable bonds is 15. The van der Waals surface area contributed by atoms with Crippen molar-refractivity contribution in [3.63, 3.8) is 0 Å². The van der Waals surface area contributed by atoms with Crippen molar-refractivity contribution < 1.29 is 9.53 Å². The molecule has 0 bridgehead atoms. The molecule has 0 fully saturated rings. The van der Waals surface area contributed by atoms with Gasteiger partial charge in [0.05, 0.1) is 0 Å². The molecule has 0 aromatic carbocycles. The van der Waals surface area contributed by atoms with E-state index in [9.17, 15) is 4.79 Å². The van der Waals surface area contributed by atoms with Crippen LogP contribution in [0.15, 0.2) is 24.3 Å². The number of carbonyl (C=O) groups is 1. The number of allylic oxidation sites excluding steroid dienone is 2. The molecular formula is C22H40O2. The molecule has 0 aliphatic heterocycles. The molecular weight excluding hydrogens is 296 g/mol. The van der Waals surface area contributed by atoms with Gasteiger partial charge < -0.3 is 4.74 Å². The van der Waals surface area contributed by atoms with E-state index >= 15 is 0 Å². The Bertz CT molecular complexity index is 366. The largest absolute Gasteiger partial charge is 0.455 e. The van der Waals surface area contributed by atoms with Gasteiger partial charge in [0.25, 0.3) is 0 Å². The highest BCUT2D eigenvalue weighted by molar-refractivity contribution is 5.70. The first-order valence-corrected chi connectivity index (χ1v) is 9.92. The molecule has 140 valence electrons. The molecule has 2 heteroatoms. The summed E-state index contributed by atoms with van der Waals surface area (Å²) in [7, 11) is 0. The highest BCUT2D eigenvalue weighted by Gasteiger charge is 2.23. The van der Waals surface area contributed by atoms with Crippen LogP contribution < -0.4 is 0 Å². The Kier molecular flexibility index (Phi) is 13.7. The minimum Gasteiger partial charge on any atom is -0.455 e. The van der Waals surface area contributed by atoms with Crippen LogP contribution in [-0.2, 0) is 9.53 Å². The predicted octanol–water partition coefficient (Wildman–Crippen LogP) is 7.14. The van der Waals surface area contributed by atoms with Gasteiger partial charge >= 0.3 is 5.97 Å². The number of ether oxygens (including phenoxy) is 1. The third-order valence-corrected chi connectivity index (χ3v) is 4.46. The summed E-state index contributed by atoms with van der Waals surface area (Å²) in [4.78, 5) is 12.0. The summed E-state index contributed by atoms with van der Waals surface area (Å²) in [5, 5.41) is 0. The maximum absolute atomic E-state index is 12.0. The van der Waals surface area contributed by atoms with Gasteiger partial charge in [0.2, 0.25) is 0 Å². The number of hydrogen-bond acceptors (Lipinski definition) is 2. The van der Waals surface area contributed by atoms with Crippen molar-refractivity contribution in [2.45, 2.75) is 110 Å². The normalized spacial score (nSPS) is 13.2. The van der Waals surface area contributed by atoms with Crippen molar-refractivity contribution in [2.75, 3.05) is 0 Å². The lowest BCUT2D eigenvalue weighted by Crippen LogP contribution is -2.29. The lowest BCUT2D eigenvalue weighted by Gasteiger charge is -2.25. The number of unbranched alkanes of at least 4 members (excludes halogenated alkanes) is 8. The molecule has 0 rings (SSSR count). The van der Waals surface area contributed by atoms with Crippen molar-refractivity contribution in [1.82, 2.24) is 0 Å². The summed E-state index contributed by atoms with van der Waals surface area (Å²) in [6.07, 6.45) is 17.5. The molecule has 0 heterocycles. The van der Waals surface area contributed by atoms with Crippen LogP contribution in [0.2, 0.25) is 0 Å². The van der Waals surface area contributed by atoms with Crippen molar-refractivity contribution in [1.29, 1.82) is 0 Å². The van der Waals surface area contributed by atoms with Crippen LogP contribution in [0.5, 0.6) is 0 Å². The molecule has 0 saturated heterocycles. The molecule has 24 heavy (non-hydrogen) atoms. The standard InChI is InChI=1S/C22H40O2/c1-6-8-9-10-11-12-13-14-15-18-21(23)24-22(5,7-2)19-16-17-20(3)4/h7,17H,2,6,8-16,18-19H2,1,3-5H3. The molecule has 0 radical (unpaired) electrons. The molecule has 0 aromatic heterocycles. The van der Waals surface area contributed by atoms with Crippen LogP contribution in [0.3, 0.4) is 0 Å². The van der Waals surface area contributed by atoms with E-state index in [1.807, 2.05) is 6.92 Å². The van der Waals surface area contributed by atoms with E-state index in [0.717, 1.165) is 25.7 Å². The number of hydrogen-bond donors (Lipinski definition) is 0. The Hall–Kier alpha value is -1.05. The third-order valence-electron chi connectivity index (χ3n) is 4.46. The van der Waals surface area contributed by atoms with E-state index in [2.05, 4.69) is 33.4 Å². The lowest BCUT2D eigenvalue weighted by molar-refractivity contribution is -0.154. The first-order chi connectivity index (χ1) is 11.4. The summed E-state index contributed by atoms with van der Waals surface area (Å²) >= 11 is 0. The summed E-state index contributed by atoms with van der Waals surface area (Å²) < 4.78 is 5.65. The van der Waals surface area contributed by atoms with E-state index in [0.29, 0.717) is 6.42 Å². The fraction of sp³-hybridized carbons (Fsp3) is 0.773. The summed E-state index contributed by atoms with van der Waals surface area (Å²) in [6, 6.07) is 0. The van der Waals surface area contributed by atoms with Crippen LogP contribution in [-0.4, -0.2) is 11.6 Å². The second kappa shape index (κ2) is 14.3. The van der Waals surface area contributed by atoms with Gasteiger partial charge in [0.15, 0.2) is 0 Å². The van der Waals surface area contributed by atoms with Gasteiger partial charge in [-0.25, -0.2) is 0 Å². The molecule has 0 amide bonds. The Labute approximate surface area is 150 Å². The summed E-state index contributed by atoms with van der Waals surface area (Å²) in [5.41, 5.74) is 0.755. The minimum atomic E-state index is -0.539. The van der Waals surface area contributed by atoms with Gasteiger partial charge in [0, 0.05) is 6.42 Å². The van der Waals surface area contributed by atoms with E-state index in [1.54, 1.807) is 6.08 Å².